The van der Waals surface area contributed by atoms with Crippen LogP contribution in [-0.4, -0.2) is 43.5 Å². The Balaban J connectivity index is 3.78. The third-order valence-corrected chi connectivity index (χ3v) is 8.43. The molecule has 0 aliphatic rings. The van der Waals surface area contributed by atoms with Crippen molar-refractivity contribution in [3.63, 3.8) is 0 Å². The zero-order valence-corrected chi connectivity index (χ0v) is 30.2. The van der Waals surface area contributed by atoms with E-state index in [2.05, 4.69) is 74.3 Å². The number of nitrogens with zero attached hydrogens (tertiary/aromatic N) is 1. The van der Waals surface area contributed by atoms with E-state index in [1.165, 1.54) is 116 Å². The first kappa shape index (κ1) is 42.6. The van der Waals surface area contributed by atoms with Gasteiger partial charge in [0, 0.05) is 13.0 Å². The highest BCUT2D eigenvalue weighted by molar-refractivity contribution is 5.84. The molecule has 0 spiro atoms. The molecule has 0 aliphatic heterocycles. The van der Waals surface area contributed by atoms with E-state index < -0.39 is 0 Å². The first-order valence-corrected chi connectivity index (χ1v) is 18.9. The molecule has 44 heavy (non-hydrogen) atoms. The van der Waals surface area contributed by atoms with Crippen molar-refractivity contribution < 1.29 is 9.53 Å². The lowest BCUT2D eigenvalue weighted by atomic mass is 10.00. The number of carbonyl (C=O) groups is 1. The Kier molecular flexibility index (Phi) is 33.3. The summed E-state index contributed by atoms with van der Waals surface area (Å²) >= 11 is 0. The van der Waals surface area contributed by atoms with E-state index in [-0.39, 0.29) is 12.1 Å². The summed E-state index contributed by atoms with van der Waals surface area (Å²) in [4.78, 5) is 15.1. The molecule has 2 atom stereocenters. The molecule has 0 aromatic carbocycles. The summed E-state index contributed by atoms with van der Waals surface area (Å²) < 4.78 is 6.15. The van der Waals surface area contributed by atoms with Gasteiger partial charge < -0.3 is 4.74 Å². The number of ketones is 1. The van der Waals surface area contributed by atoms with Gasteiger partial charge in [-0.05, 0) is 98.1 Å². The van der Waals surface area contributed by atoms with Crippen molar-refractivity contribution in [2.75, 3.05) is 20.7 Å². The highest BCUT2D eigenvalue weighted by atomic mass is 16.5. The quantitative estimate of drug-likeness (QED) is 0.0544. The Morgan fingerprint density at radius 1 is 0.545 bits per heavy atom. The molecule has 256 valence electrons. The standard InChI is InChI=1S/C41H75NO2/c1-6-8-10-12-14-16-18-20-22-24-26-28-30-32-34-36-38-44-39(3)41(42(4)5)40(43)37-35-33-31-29-27-25-23-21-19-17-15-13-11-9-7-2/h14-17,20-23,39,41H,6-13,18-19,24-38H2,1-5H3/b16-14-,17-15-,22-20-,23-21-. The third-order valence-electron chi connectivity index (χ3n) is 8.43. The van der Waals surface area contributed by atoms with E-state index in [4.69, 9.17) is 4.74 Å². The Morgan fingerprint density at radius 2 is 0.932 bits per heavy atom. The van der Waals surface area contributed by atoms with Crippen LogP contribution >= 0.6 is 0 Å². The van der Waals surface area contributed by atoms with Gasteiger partial charge in [-0.25, -0.2) is 0 Å². The molecular weight excluding hydrogens is 538 g/mol. The lowest BCUT2D eigenvalue weighted by Crippen LogP contribution is -2.45. The number of carbonyl (C=O) groups excluding carboxylic acids is 1. The Bertz CT molecular complexity index is 720. The van der Waals surface area contributed by atoms with Crippen LogP contribution < -0.4 is 0 Å². The molecule has 3 nitrogen and oxygen atoms in total. The average Bonchev–Trinajstić information content (AvgIpc) is 3.00. The van der Waals surface area contributed by atoms with Gasteiger partial charge in [-0.3, -0.25) is 9.69 Å². The van der Waals surface area contributed by atoms with Crippen molar-refractivity contribution in [1.82, 2.24) is 4.90 Å². The summed E-state index contributed by atoms with van der Waals surface area (Å²) in [5.74, 6) is 0.338. The second-order valence-electron chi connectivity index (χ2n) is 13.0. The van der Waals surface area contributed by atoms with Gasteiger partial charge in [-0.1, -0.05) is 133 Å². The number of likely N-dealkylation sites (N-methyl/N-ethyl adjacent to an activating group) is 1. The molecule has 0 saturated heterocycles. The number of rotatable bonds is 33. The van der Waals surface area contributed by atoms with Gasteiger partial charge in [0.15, 0.2) is 5.78 Å². The van der Waals surface area contributed by atoms with E-state index in [1.807, 2.05) is 14.1 Å². The van der Waals surface area contributed by atoms with Crippen LogP contribution in [0.5, 0.6) is 0 Å². The molecule has 3 heteroatoms. The summed E-state index contributed by atoms with van der Waals surface area (Å²) in [5.41, 5.74) is 0. The fourth-order valence-corrected chi connectivity index (χ4v) is 5.68. The maximum absolute atomic E-state index is 13.0. The smallest absolute Gasteiger partial charge is 0.152 e. The van der Waals surface area contributed by atoms with Crippen LogP contribution in [0, 0.1) is 0 Å². The van der Waals surface area contributed by atoms with Crippen molar-refractivity contribution in [1.29, 1.82) is 0 Å². The lowest BCUT2D eigenvalue weighted by Gasteiger charge is -2.29. The maximum Gasteiger partial charge on any atom is 0.152 e. The molecule has 0 heterocycles. The molecule has 0 aromatic rings. The summed E-state index contributed by atoms with van der Waals surface area (Å²) in [7, 11) is 4.03. The number of hydrogen-bond acceptors (Lipinski definition) is 3. The molecule has 0 amide bonds. The zero-order valence-electron chi connectivity index (χ0n) is 30.2. The SMILES string of the molecule is CCCCC/C=C\C/C=C\CCCCCCCCOC(C)C(C(=O)CCCCCCC/C=C\C/C=C\CCCCC)N(C)C. The van der Waals surface area contributed by atoms with E-state index >= 15 is 0 Å². The van der Waals surface area contributed by atoms with E-state index in [1.54, 1.807) is 0 Å². The number of hydrogen-bond donors (Lipinski definition) is 0. The van der Waals surface area contributed by atoms with Gasteiger partial charge in [-0.15, -0.1) is 0 Å². The molecule has 0 N–H and O–H groups in total. The largest absolute Gasteiger partial charge is 0.376 e. The van der Waals surface area contributed by atoms with Gasteiger partial charge in [0.25, 0.3) is 0 Å². The van der Waals surface area contributed by atoms with Crippen LogP contribution in [0.1, 0.15) is 175 Å². The van der Waals surface area contributed by atoms with Crippen LogP contribution in [0.25, 0.3) is 0 Å². The lowest BCUT2D eigenvalue weighted by molar-refractivity contribution is -0.128. The fourth-order valence-electron chi connectivity index (χ4n) is 5.68. The van der Waals surface area contributed by atoms with Gasteiger partial charge in [0.05, 0.1) is 12.1 Å². The first-order valence-electron chi connectivity index (χ1n) is 18.9. The van der Waals surface area contributed by atoms with Crippen LogP contribution in [0.2, 0.25) is 0 Å². The number of Topliss-reactive ketones (excluding diaryl/α,β-unsaturated/α-hetero) is 1. The van der Waals surface area contributed by atoms with Crippen molar-refractivity contribution in [3.8, 4) is 0 Å². The van der Waals surface area contributed by atoms with Crippen LogP contribution in [0.15, 0.2) is 48.6 Å². The fraction of sp³-hybridized carbons (Fsp3) is 0.780. The zero-order chi connectivity index (χ0) is 32.4. The number of unbranched alkanes of at least 4 members (excludes halogenated alkanes) is 17. The predicted molar refractivity (Wildman–Crippen MR) is 197 cm³/mol. The molecule has 0 radical (unpaired) electrons. The molecule has 0 aliphatic carbocycles. The van der Waals surface area contributed by atoms with Gasteiger partial charge in [0.2, 0.25) is 0 Å². The van der Waals surface area contributed by atoms with Gasteiger partial charge >= 0.3 is 0 Å². The Morgan fingerprint density at radius 3 is 1.36 bits per heavy atom. The van der Waals surface area contributed by atoms with E-state index in [9.17, 15) is 4.79 Å². The molecule has 0 bridgehead atoms. The minimum atomic E-state index is -0.134. The number of ether oxygens (including phenoxy) is 1. The predicted octanol–water partition coefficient (Wildman–Crippen LogP) is 12.5. The Hall–Kier alpha value is -1.45. The minimum absolute atomic E-state index is 0.0477. The highest BCUT2D eigenvalue weighted by Crippen LogP contribution is 2.15. The Labute approximate surface area is 276 Å². The second kappa shape index (κ2) is 34.4. The van der Waals surface area contributed by atoms with Gasteiger partial charge in [0.1, 0.15) is 0 Å². The molecule has 2 unspecified atom stereocenters. The maximum atomic E-state index is 13.0. The molecular formula is C41H75NO2. The number of allylic oxidation sites excluding steroid dienone is 8. The van der Waals surface area contributed by atoms with Crippen LogP contribution in [0.3, 0.4) is 0 Å². The molecule has 0 aromatic heterocycles. The topological polar surface area (TPSA) is 29.5 Å². The van der Waals surface area contributed by atoms with E-state index in [0.29, 0.717) is 12.2 Å². The van der Waals surface area contributed by atoms with E-state index in [0.717, 1.165) is 38.7 Å². The van der Waals surface area contributed by atoms with Crippen molar-refractivity contribution >= 4 is 5.78 Å². The molecule has 0 saturated carbocycles. The summed E-state index contributed by atoms with van der Waals surface area (Å²) in [6, 6.07) is -0.134. The van der Waals surface area contributed by atoms with Crippen LogP contribution in [-0.2, 0) is 9.53 Å². The van der Waals surface area contributed by atoms with Crippen molar-refractivity contribution in [3.05, 3.63) is 48.6 Å². The van der Waals surface area contributed by atoms with Gasteiger partial charge in [-0.2, -0.15) is 0 Å². The summed E-state index contributed by atoms with van der Waals surface area (Å²) in [6.07, 6.45) is 47.6. The minimum Gasteiger partial charge on any atom is -0.376 e. The summed E-state index contributed by atoms with van der Waals surface area (Å²) in [6.45, 7) is 7.35. The average molecular weight is 614 g/mol. The highest BCUT2D eigenvalue weighted by Gasteiger charge is 2.27. The van der Waals surface area contributed by atoms with Crippen LogP contribution in [0.4, 0.5) is 0 Å². The molecule has 0 fully saturated rings. The monoisotopic (exact) mass is 614 g/mol. The third kappa shape index (κ3) is 29.3. The van der Waals surface area contributed by atoms with Crippen molar-refractivity contribution in [2.45, 2.75) is 187 Å². The second-order valence-corrected chi connectivity index (χ2v) is 13.0. The molecule has 0 rings (SSSR count). The normalized spacial score (nSPS) is 13.9. The first-order chi connectivity index (χ1) is 21.5. The summed E-state index contributed by atoms with van der Waals surface area (Å²) in [5, 5.41) is 0. The van der Waals surface area contributed by atoms with Crippen molar-refractivity contribution in [2.24, 2.45) is 0 Å².